The second kappa shape index (κ2) is 8.73. The zero-order valence-electron chi connectivity index (χ0n) is 14.1. The van der Waals surface area contributed by atoms with Crippen LogP contribution in [0.25, 0.3) is 0 Å². The van der Waals surface area contributed by atoms with Gasteiger partial charge in [0.15, 0.2) is 0 Å². The Morgan fingerprint density at radius 1 is 1.04 bits per heavy atom. The van der Waals surface area contributed by atoms with E-state index in [1.807, 2.05) is 74.5 Å². The quantitative estimate of drug-likeness (QED) is 0.793. The molecule has 1 atom stereocenters. The van der Waals surface area contributed by atoms with E-state index >= 15 is 0 Å². The number of nitrogens with zero attached hydrogens (tertiary/aromatic N) is 2. The van der Waals surface area contributed by atoms with Crippen LogP contribution in [0.1, 0.15) is 25.0 Å². The van der Waals surface area contributed by atoms with Crippen molar-refractivity contribution in [3.8, 4) is 6.07 Å². The van der Waals surface area contributed by atoms with Gasteiger partial charge in [0.1, 0.15) is 12.6 Å². The minimum absolute atomic E-state index is 0.0167. The lowest BCUT2D eigenvalue weighted by Crippen LogP contribution is -2.42. The van der Waals surface area contributed by atoms with Gasteiger partial charge in [-0.25, -0.2) is 4.79 Å². The van der Waals surface area contributed by atoms with Crippen molar-refractivity contribution in [3.63, 3.8) is 0 Å². The van der Waals surface area contributed by atoms with Crippen LogP contribution in [0.5, 0.6) is 0 Å². The zero-order valence-corrected chi connectivity index (χ0v) is 14.1. The Hall–Kier alpha value is -2.80. The third kappa shape index (κ3) is 4.85. The predicted octanol–water partition coefficient (Wildman–Crippen LogP) is 4.37. The van der Waals surface area contributed by atoms with Gasteiger partial charge in [0.2, 0.25) is 0 Å². The van der Waals surface area contributed by atoms with Gasteiger partial charge in [0.05, 0.1) is 12.6 Å². The Morgan fingerprint density at radius 2 is 1.58 bits per heavy atom. The van der Waals surface area contributed by atoms with Crippen LogP contribution in [0.15, 0.2) is 60.7 Å². The fraction of sp³-hybridized carbons (Fsp3) is 0.300. The summed E-state index contributed by atoms with van der Waals surface area (Å²) in [6, 6.07) is 20.8. The third-order valence-electron chi connectivity index (χ3n) is 3.73. The largest absolute Gasteiger partial charge is 0.445 e. The molecular formula is C20H22N2O2. The molecule has 0 spiro atoms. The van der Waals surface area contributed by atoms with Crippen LogP contribution in [0.2, 0.25) is 0 Å². The topological polar surface area (TPSA) is 53.3 Å². The highest BCUT2D eigenvalue weighted by Gasteiger charge is 2.27. The van der Waals surface area contributed by atoms with E-state index in [9.17, 15) is 10.1 Å². The summed E-state index contributed by atoms with van der Waals surface area (Å²) in [6.07, 6.45) is -0.469. The fourth-order valence-corrected chi connectivity index (χ4v) is 2.44. The predicted molar refractivity (Wildman–Crippen MR) is 92.9 cm³/mol. The molecule has 2 rings (SSSR count). The lowest BCUT2D eigenvalue weighted by atomic mass is 10.0. The molecule has 2 aromatic rings. The zero-order chi connectivity index (χ0) is 17.4. The van der Waals surface area contributed by atoms with E-state index < -0.39 is 12.1 Å². The molecular weight excluding hydrogens is 300 g/mol. The Bertz CT molecular complexity index is 678. The number of carbonyl (C=O) groups is 1. The van der Waals surface area contributed by atoms with Crippen molar-refractivity contribution < 1.29 is 9.53 Å². The van der Waals surface area contributed by atoms with Gasteiger partial charge >= 0.3 is 6.09 Å². The number of ether oxygens (including phenoxy) is 1. The molecule has 0 N–H and O–H groups in total. The van der Waals surface area contributed by atoms with Crippen LogP contribution in [0, 0.1) is 17.2 Å². The number of amides is 1. The molecule has 0 aliphatic rings. The fourth-order valence-electron chi connectivity index (χ4n) is 2.44. The molecule has 0 aliphatic carbocycles. The summed E-state index contributed by atoms with van der Waals surface area (Å²) in [7, 11) is 0. The first-order chi connectivity index (χ1) is 11.6. The number of carbonyl (C=O) groups excluding carboxylic acids is 1. The highest BCUT2D eigenvalue weighted by Crippen LogP contribution is 2.16. The van der Waals surface area contributed by atoms with Crippen molar-refractivity contribution in [2.45, 2.75) is 33.0 Å². The number of hydrogen-bond donors (Lipinski definition) is 0. The molecule has 24 heavy (non-hydrogen) atoms. The third-order valence-corrected chi connectivity index (χ3v) is 3.73. The number of nitriles is 1. The second-order valence-corrected chi connectivity index (χ2v) is 5.97. The van der Waals surface area contributed by atoms with E-state index in [4.69, 9.17) is 4.74 Å². The highest BCUT2D eigenvalue weighted by atomic mass is 16.6. The van der Waals surface area contributed by atoms with Gasteiger partial charge in [-0.2, -0.15) is 5.26 Å². The van der Waals surface area contributed by atoms with Gasteiger partial charge in [-0.05, 0) is 17.0 Å². The van der Waals surface area contributed by atoms with Crippen molar-refractivity contribution in [2.75, 3.05) is 0 Å². The Morgan fingerprint density at radius 3 is 2.08 bits per heavy atom. The van der Waals surface area contributed by atoms with Gasteiger partial charge in [-0.15, -0.1) is 0 Å². The summed E-state index contributed by atoms with van der Waals surface area (Å²) < 4.78 is 5.43. The van der Waals surface area contributed by atoms with Gasteiger partial charge in [0.25, 0.3) is 0 Å². The maximum absolute atomic E-state index is 12.6. The average Bonchev–Trinajstić information content (AvgIpc) is 2.61. The second-order valence-electron chi connectivity index (χ2n) is 5.97. The molecule has 0 saturated carbocycles. The van der Waals surface area contributed by atoms with Crippen molar-refractivity contribution in [1.82, 2.24) is 4.90 Å². The summed E-state index contributed by atoms with van der Waals surface area (Å²) in [5, 5.41) is 9.48. The Labute approximate surface area is 143 Å². The number of benzene rings is 2. The Kier molecular flexibility index (Phi) is 6.39. The highest BCUT2D eigenvalue weighted by molar-refractivity contribution is 5.68. The summed E-state index contributed by atoms with van der Waals surface area (Å²) in [5.41, 5.74) is 1.89. The van der Waals surface area contributed by atoms with E-state index in [2.05, 4.69) is 6.07 Å². The molecule has 0 unspecified atom stereocenters. The molecule has 124 valence electrons. The van der Waals surface area contributed by atoms with Crippen LogP contribution >= 0.6 is 0 Å². The maximum atomic E-state index is 12.6. The Balaban J connectivity index is 2.12. The molecule has 2 aromatic carbocycles. The van der Waals surface area contributed by atoms with E-state index in [-0.39, 0.29) is 12.5 Å². The van der Waals surface area contributed by atoms with Crippen LogP contribution < -0.4 is 0 Å². The van der Waals surface area contributed by atoms with E-state index in [0.29, 0.717) is 6.54 Å². The van der Waals surface area contributed by atoms with Gasteiger partial charge in [-0.3, -0.25) is 4.90 Å². The molecule has 4 nitrogen and oxygen atoms in total. The molecule has 0 fully saturated rings. The normalized spacial score (nSPS) is 11.6. The first-order valence-corrected chi connectivity index (χ1v) is 8.02. The summed E-state index contributed by atoms with van der Waals surface area (Å²) >= 11 is 0. The van der Waals surface area contributed by atoms with E-state index in [1.54, 1.807) is 0 Å². The first-order valence-electron chi connectivity index (χ1n) is 8.02. The number of hydrogen-bond acceptors (Lipinski definition) is 3. The van der Waals surface area contributed by atoms with Gasteiger partial charge in [-0.1, -0.05) is 74.5 Å². The molecule has 0 saturated heterocycles. The molecule has 0 aliphatic heterocycles. The minimum atomic E-state index is -0.534. The number of rotatable bonds is 6. The standard InChI is InChI=1S/C20H22N2O2/c1-16(2)19(13-21)22(14-17-9-5-3-6-10-17)20(23)24-15-18-11-7-4-8-12-18/h3-12,16,19H,14-15H2,1-2H3/t19-/m1/s1. The van der Waals surface area contributed by atoms with Crippen LogP contribution in [-0.2, 0) is 17.9 Å². The van der Waals surface area contributed by atoms with Crippen LogP contribution in [-0.4, -0.2) is 17.0 Å². The van der Waals surface area contributed by atoms with Crippen LogP contribution in [0.4, 0.5) is 4.79 Å². The molecule has 4 heteroatoms. The van der Waals surface area contributed by atoms with Gasteiger partial charge < -0.3 is 4.74 Å². The van der Waals surface area contributed by atoms with E-state index in [1.165, 1.54) is 4.90 Å². The maximum Gasteiger partial charge on any atom is 0.411 e. The van der Waals surface area contributed by atoms with Crippen molar-refractivity contribution in [2.24, 2.45) is 5.92 Å². The molecule has 0 radical (unpaired) electrons. The SMILES string of the molecule is CC(C)[C@@H](C#N)N(Cc1ccccc1)C(=O)OCc1ccccc1. The lowest BCUT2D eigenvalue weighted by molar-refractivity contribution is 0.0781. The average molecular weight is 322 g/mol. The van der Waals surface area contributed by atoms with Crippen molar-refractivity contribution in [3.05, 3.63) is 71.8 Å². The molecule has 0 heterocycles. The molecule has 1 amide bonds. The van der Waals surface area contributed by atoms with Crippen molar-refractivity contribution >= 4 is 6.09 Å². The first kappa shape index (κ1) is 17.6. The lowest BCUT2D eigenvalue weighted by Gasteiger charge is -2.29. The minimum Gasteiger partial charge on any atom is -0.445 e. The smallest absolute Gasteiger partial charge is 0.411 e. The van der Waals surface area contributed by atoms with Crippen molar-refractivity contribution in [1.29, 1.82) is 5.26 Å². The van der Waals surface area contributed by atoms with Crippen LogP contribution in [0.3, 0.4) is 0 Å². The molecule has 0 bridgehead atoms. The monoisotopic (exact) mass is 322 g/mol. The summed E-state index contributed by atoms with van der Waals surface area (Å²) in [4.78, 5) is 14.1. The van der Waals surface area contributed by atoms with E-state index in [0.717, 1.165) is 11.1 Å². The summed E-state index contributed by atoms with van der Waals surface area (Å²) in [6.45, 7) is 4.40. The molecule has 0 aromatic heterocycles. The van der Waals surface area contributed by atoms with Gasteiger partial charge in [0, 0.05) is 0 Å². The summed E-state index contributed by atoms with van der Waals surface area (Å²) in [5.74, 6) is 0.0167.